The number of halogens is 2. The number of allylic oxidation sites excluding steroid dienone is 1. The molecule has 0 atom stereocenters. The van der Waals surface area contributed by atoms with Crippen LogP contribution in [0.5, 0.6) is 0 Å². The summed E-state index contributed by atoms with van der Waals surface area (Å²) in [7, 11) is 0. The summed E-state index contributed by atoms with van der Waals surface area (Å²) in [6.07, 6.45) is -1.49. The van der Waals surface area contributed by atoms with Gasteiger partial charge in [-0.1, -0.05) is 6.92 Å². The van der Waals surface area contributed by atoms with Crippen molar-refractivity contribution >= 4 is 17.8 Å². The Hall–Kier alpha value is -1.59. The van der Waals surface area contributed by atoms with Crippen molar-refractivity contribution in [2.45, 2.75) is 19.8 Å². The molecule has 76 valence electrons. The van der Waals surface area contributed by atoms with E-state index in [-0.39, 0.29) is 17.6 Å². The highest BCUT2D eigenvalue weighted by atomic mass is 19.3. The summed E-state index contributed by atoms with van der Waals surface area (Å²) in [4.78, 5) is 10.9. The third kappa shape index (κ3) is 1.84. The molecule has 0 radical (unpaired) electrons. The highest BCUT2D eigenvalue weighted by Crippen LogP contribution is 2.18. The molecule has 6 heteroatoms. The zero-order valence-electron chi connectivity index (χ0n) is 7.47. The molecule has 0 spiro atoms. The first-order valence-corrected chi connectivity index (χ1v) is 4.01. The SMILES string of the molecule is CC/C(=C1/C=NNC(=O)C1=N)C(F)F. The van der Waals surface area contributed by atoms with Crippen molar-refractivity contribution in [1.29, 1.82) is 5.41 Å². The molecular weight excluding hydrogens is 192 g/mol. The lowest BCUT2D eigenvalue weighted by Crippen LogP contribution is -2.33. The topological polar surface area (TPSA) is 65.3 Å². The molecule has 1 amide bonds. The van der Waals surface area contributed by atoms with Crippen molar-refractivity contribution in [2.24, 2.45) is 5.10 Å². The minimum absolute atomic E-state index is 0.0775. The minimum Gasteiger partial charge on any atom is -0.295 e. The van der Waals surface area contributed by atoms with E-state index in [0.29, 0.717) is 0 Å². The number of amides is 1. The number of carbonyl (C=O) groups excluding carboxylic acids is 1. The van der Waals surface area contributed by atoms with Gasteiger partial charge in [0, 0.05) is 11.1 Å². The minimum atomic E-state index is -2.66. The maximum atomic E-state index is 12.4. The van der Waals surface area contributed by atoms with E-state index in [1.54, 1.807) is 6.92 Å². The summed E-state index contributed by atoms with van der Waals surface area (Å²) in [5.74, 6) is -0.755. The Morgan fingerprint density at radius 2 is 2.36 bits per heavy atom. The summed E-state index contributed by atoms with van der Waals surface area (Å²) in [6.45, 7) is 1.54. The average molecular weight is 201 g/mol. The van der Waals surface area contributed by atoms with Gasteiger partial charge in [-0.15, -0.1) is 0 Å². The Morgan fingerprint density at radius 1 is 1.71 bits per heavy atom. The van der Waals surface area contributed by atoms with Crippen molar-refractivity contribution < 1.29 is 13.6 Å². The standard InChI is InChI=1S/C8H9F2N3O/c1-2-4(7(9)10)5-3-12-13-8(14)6(5)11/h3,7,11H,2H2,1H3,(H,13,14)/b5-4+,11-6?. The second-order valence-corrected chi connectivity index (χ2v) is 2.67. The summed E-state index contributed by atoms with van der Waals surface area (Å²) in [6, 6.07) is 0. The van der Waals surface area contributed by atoms with E-state index in [1.165, 1.54) is 0 Å². The molecule has 1 aliphatic rings. The number of carbonyl (C=O) groups is 1. The van der Waals surface area contributed by atoms with Crippen LogP contribution in [-0.2, 0) is 4.79 Å². The molecule has 1 heterocycles. The van der Waals surface area contributed by atoms with Crippen LogP contribution in [0.1, 0.15) is 13.3 Å². The number of alkyl halides is 2. The molecule has 0 aromatic heterocycles. The second-order valence-electron chi connectivity index (χ2n) is 2.67. The van der Waals surface area contributed by atoms with E-state index in [1.807, 2.05) is 5.43 Å². The van der Waals surface area contributed by atoms with Crippen molar-refractivity contribution in [3.05, 3.63) is 11.1 Å². The van der Waals surface area contributed by atoms with Crippen LogP contribution in [0.3, 0.4) is 0 Å². The van der Waals surface area contributed by atoms with Crippen LogP contribution < -0.4 is 5.43 Å². The molecule has 4 nitrogen and oxygen atoms in total. The third-order valence-corrected chi connectivity index (χ3v) is 1.85. The molecular formula is C8H9F2N3O. The van der Waals surface area contributed by atoms with E-state index in [9.17, 15) is 13.6 Å². The number of hydrogen-bond donors (Lipinski definition) is 2. The van der Waals surface area contributed by atoms with Crippen LogP contribution in [0.2, 0.25) is 0 Å². The summed E-state index contributed by atoms with van der Waals surface area (Å²) in [5.41, 5.74) is 1.24. The van der Waals surface area contributed by atoms with Gasteiger partial charge in [-0.2, -0.15) is 5.10 Å². The largest absolute Gasteiger partial charge is 0.295 e. The zero-order valence-corrected chi connectivity index (χ0v) is 7.47. The molecule has 0 bridgehead atoms. The van der Waals surface area contributed by atoms with Crippen LogP contribution in [0.15, 0.2) is 16.2 Å². The first-order chi connectivity index (χ1) is 6.57. The zero-order chi connectivity index (χ0) is 10.7. The maximum Gasteiger partial charge on any atom is 0.289 e. The van der Waals surface area contributed by atoms with Crippen molar-refractivity contribution in [2.75, 3.05) is 0 Å². The predicted molar refractivity (Wildman–Crippen MR) is 47.7 cm³/mol. The van der Waals surface area contributed by atoms with Crippen molar-refractivity contribution in [3.63, 3.8) is 0 Å². The Bertz CT molecular complexity index is 333. The molecule has 0 aromatic carbocycles. The van der Waals surface area contributed by atoms with Crippen LogP contribution in [0.4, 0.5) is 8.78 Å². The Balaban J connectivity index is 3.16. The number of hydrazone groups is 1. The van der Waals surface area contributed by atoms with Crippen LogP contribution in [0, 0.1) is 5.41 Å². The van der Waals surface area contributed by atoms with Gasteiger partial charge < -0.3 is 0 Å². The fraction of sp³-hybridized carbons (Fsp3) is 0.375. The molecule has 0 unspecified atom stereocenters. The summed E-state index contributed by atoms with van der Waals surface area (Å²) in [5, 5.41) is 10.7. The fourth-order valence-electron chi connectivity index (χ4n) is 1.10. The van der Waals surface area contributed by atoms with Gasteiger partial charge in [0.1, 0.15) is 5.71 Å². The van der Waals surface area contributed by atoms with Gasteiger partial charge in [-0.25, -0.2) is 14.2 Å². The van der Waals surface area contributed by atoms with Crippen molar-refractivity contribution in [3.8, 4) is 0 Å². The molecule has 0 aromatic rings. The van der Waals surface area contributed by atoms with Gasteiger partial charge >= 0.3 is 0 Å². The number of rotatable bonds is 2. The quantitative estimate of drug-likeness (QED) is 0.690. The van der Waals surface area contributed by atoms with Gasteiger partial charge in [0.05, 0.1) is 6.21 Å². The lowest BCUT2D eigenvalue weighted by Gasteiger charge is -2.13. The van der Waals surface area contributed by atoms with Gasteiger partial charge in [-0.05, 0) is 6.42 Å². The monoisotopic (exact) mass is 201 g/mol. The highest BCUT2D eigenvalue weighted by Gasteiger charge is 2.23. The highest BCUT2D eigenvalue weighted by molar-refractivity contribution is 6.50. The molecule has 0 fully saturated rings. The molecule has 14 heavy (non-hydrogen) atoms. The Kier molecular flexibility index (Phi) is 3.06. The maximum absolute atomic E-state index is 12.4. The van der Waals surface area contributed by atoms with Crippen LogP contribution >= 0.6 is 0 Å². The smallest absolute Gasteiger partial charge is 0.289 e. The molecule has 2 N–H and O–H groups in total. The number of nitrogens with one attached hydrogen (secondary N) is 2. The van der Waals surface area contributed by atoms with Crippen molar-refractivity contribution in [1.82, 2.24) is 5.43 Å². The lowest BCUT2D eigenvalue weighted by molar-refractivity contribution is -0.114. The summed E-state index contributed by atoms with van der Waals surface area (Å²) >= 11 is 0. The van der Waals surface area contributed by atoms with E-state index in [2.05, 4.69) is 5.10 Å². The lowest BCUT2D eigenvalue weighted by atomic mass is 10.0. The van der Waals surface area contributed by atoms with Crippen LogP contribution in [-0.4, -0.2) is 24.3 Å². The Morgan fingerprint density at radius 3 is 2.86 bits per heavy atom. The normalized spacial score (nSPS) is 20.0. The van der Waals surface area contributed by atoms with Gasteiger partial charge in [-0.3, -0.25) is 10.2 Å². The van der Waals surface area contributed by atoms with Gasteiger partial charge in [0.15, 0.2) is 0 Å². The summed E-state index contributed by atoms with van der Waals surface area (Å²) < 4.78 is 24.9. The molecule has 1 aliphatic heterocycles. The number of hydrogen-bond acceptors (Lipinski definition) is 3. The molecule has 0 saturated heterocycles. The van der Waals surface area contributed by atoms with E-state index in [4.69, 9.17) is 5.41 Å². The third-order valence-electron chi connectivity index (χ3n) is 1.85. The van der Waals surface area contributed by atoms with E-state index >= 15 is 0 Å². The number of nitrogens with zero attached hydrogens (tertiary/aromatic N) is 1. The Labute approximate surface area is 79.2 Å². The molecule has 0 saturated carbocycles. The van der Waals surface area contributed by atoms with E-state index < -0.39 is 18.0 Å². The molecule has 1 rings (SSSR count). The predicted octanol–water partition coefficient (Wildman–Crippen LogP) is 1.09. The van der Waals surface area contributed by atoms with Gasteiger partial charge in [0.2, 0.25) is 0 Å². The van der Waals surface area contributed by atoms with E-state index in [0.717, 1.165) is 6.21 Å². The molecule has 0 aliphatic carbocycles. The fourth-order valence-corrected chi connectivity index (χ4v) is 1.10. The average Bonchev–Trinajstić information content (AvgIpc) is 2.13. The second kappa shape index (κ2) is 4.08. The first-order valence-electron chi connectivity index (χ1n) is 4.01. The first kappa shape index (κ1) is 10.5. The van der Waals surface area contributed by atoms with Crippen LogP contribution in [0.25, 0.3) is 0 Å². The van der Waals surface area contributed by atoms with Gasteiger partial charge in [0.25, 0.3) is 12.3 Å².